The highest BCUT2D eigenvalue weighted by atomic mass is 35.5. The maximum atomic E-state index is 9.69. The van der Waals surface area contributed by atoms with E-state index in [9.17, 15) is 5.11 Å². The van der Waals surface area contributed by atoms with Crippen LogP contribution in [0, 0.1) is 0 Å². The third kappa shape index (κ3) is 4.95. The minimum absolute atomic E-state index is 0.180. The summed E-state index contributed by atoms with van der Waals surface area (Å²) in [6.45, 7) is 4.92. The van der Waals surface area contributed by atoms with Gasteiger partial charge in [0, 0.05) is 55.2 Å². The van der Waals surface area contributed by atoms with Gasteiger partial charge >= 0.3 is 0 Å². The van der Waals surface area contributed by atoms with E-state index in [0.29, 0.717) is 6.04 Å². The molecule has 0 bridgehead atoms. The van der Waals surface area contributed by atoms with Gasteiger partial charge in [0.2, 0.25) is 0 Å². The minimum Gasteiger partial charge on any atom is -0.391 e. The van der Waals surface area contributed by atoms with Crippen LogP contribution < -0.4 is 10.2 Å². The molecule has 2 heterocycles. The lowest BCUT2D eigenvalue weighted by Crippen LogP contribution is -2.38. The molecule has 0 radical (unpaired) electrons. The van der Waals surface area contributed by atoms with E-state index in [4.69, 9.17) is 11.6 Å². The molecule has 27 heavy (non-hydrogen) atoms. The number of aliphatic hydroxyl groups is 1. The van der Waals surface area contributed by atoms with Gasteiger partial charge in [-0.1, -0.05) is 23.7 Å². The van der Waals surface area contributed by atoms with Crippen molar-refractivity contribution >= 4 is 23.0 Å². The van der Waals surface area contributed by atoms with Gasteiger partial charge in [0.25, 0.3) is 0 Å². The average molecular weight is 386 g/mol. The molecule has 2 aliphatic rings. The van der Waals surface area contributed by atoms with Crippen LogP contribution in [0.2, 0.25) is 5.02 Å². The normalized spacial score (nSPS) is 21.6. The largest absolute Gasteiger partial charge is 0.391 e. The van der Waals surface area contributed by atoms with Crippen LogP contribution in [-0.2, 0) is 6.54 Å². The molecule has 2 fully saturated rings. The Bertz CT molecular complexity index is 726. The topological polar surface area (TPSA) is 38.7 Å². The predicted molar refractivity (Wildman–Crippen MR) is 113 cm³/mol. The van der Waals surface area contributed by atoms with Gasteiger partial charge in [-0.05, 0) is 61.2 Å². The Morgan fingerprint density at radius 1 is 0.926 bits per heavy atom. The molecule has 2 aromatic rings. The van der Waals surface area contributed by atoms with E-state index in [1.165, 1.54) is 16.9 Å². The number of β-amino-alcohol motifs (C(OH)–C–C–N with tert-alkyl or cyclic N) is 1. The van der Waals surface area contributed by atoms with Crippen molar-refractivity contribution < 1.29 is 5.11 Å². The lowest BCUT2D eigenvalue weighted by molar-refractivity contribution is 0.198. The summed E-state index contributed by atoms with van der Waals surface area (Å²) in [5.41, 5.74) is 3.72. The molecule has 1 unspecified atom stereocenters. The average Bonchev–Trinajstić information content (AvgIpc) is 3.12. The van der Waals surface area contributed by atoms with Crippen molar-refractivity contribution in [1.29, 1.82) is 0 Å². The summed E-state index contributed by atoms with van der Waals surface area (Å²) < 4.78 is 0. The SMILES string of the molecule is OC1CCN(c2ccc(NC3CCN(Cc4ccc(Cl)cc4)CC3)cc2)C1. The number of anilines is 2. The number of benzene rings is 2. The van der Waals surface area contributed by atoms with Crippen molar-refractivity contribution in [1.82, 2.24) is 4.90 Å². The predicted octanol–water partition coefficient (Wildman–Crippen LogP) is 3.99. The molecule has 1 atom stereocenters. The van der Waals surface area contributed by atoms with E-state index in [0.717, 1.165) is 57.0 Å². The Labute approximate surface area is 166 Å². The third-order valence-corrected chi connectivity index (χ3v) is 5.93. The molecular formula is C22H28ClN3O. The highest BCUT2D eigenvalue weighted by Gasteiger charge is 2.21. The van der Waals surface area contributed by atoms with E-state index in [2.05, 4.69) is 51.5 Å². The summed E-state index contributed by atoms with van der Waals surface area (Å²) in [6.07, 6.45) is 3.01. The summed E-state index contributed by atoms with van der Waals surface area (Å²) in [4.78, 5) is 4.77. The number of nitrogens with one attached hydrogen (secondary N) is 1. The second-order valence-corrected chi connectivity index (χ2v) is 8.19. The van der Waals surface area contributed by atoms with E-state index in [1.54, 1.807) is 0 Å². The summed E-state index contributed by atoms with van der Waals surface area (Å²) in [5.74, 6) is 0. The molecule has 0 amide bonds. The van der Waals surface area contributed by atoms with Crippen molar-refractivity contribution in [3.63, 3.8) is 0 Å². The standard InChI is InChI=1S/C22H28ClN3O/c23-18-3-1-17(2-4-18)15-25-12-9-20(10-13-25)24-19-5-7-21(8-6-19)26-14-11-22(27)16-26/h1-8,20,22,24,27H,9-16H2. The van der Waals surface area contributed by atoms with Crippen LogP contribution in [0.5, 0.6) is 0 Å². The molecule has 2 N–H and O–H groups in total. The van der Waals surface area contributed by atoms with Crippen LogP contribution in [-0.4, -0.2) is 48.3 Å². The fourth-order valence-corrected chi connectivity index (χ4v) is 4.19. The van der Waals surface area contributed by atoms with Gasteiger partial charge in [-0.25, -0.2) is 0 Å². The number of halogens is 1. The Balaban J connectivity index is 1.24. The second-order valence-electron chi connectivity index (χ2n) is 7.76. The number of rotatable bonds is 5. The number of nitrogens with zero attached hydrogens (tertiary/aromatic N) is 2. The Morgan fingerprint density at radius 3 is 2.26 bits per heavy atom. The van der Waals surface area contributed by atoms with Crippen LogP contribution >= 0.6 is 11.6 Å². The van der Waals surface area contributed by atoms with Gasteiger partial charge < -0.3 is 15.3 Å². The fraction of sp³-hybridized carbons (Fsp3) is 0.455. The van der Waals surface area contributed by atoms with Gasteiger partial charge in [-0.3, -0.25) is 4.90 Å². The van der Waals surface area contributed by atoms with Crippen molar-refractivity contribution in [3.8, 4) is 0 Å². The molecule has 0 spiro atoms. The minimum atomic E-state index is -0.180. The van der Waals surface area contributed by atoms with Crippen LogP contribution in [0.25, 0.3) is 0 Å². The Kier molecular flexibility index (Phi) is 5.86. The molecular weight excluding hydrogens is 358 g/mol. The van der Waals surface area contributed by atoms with Crippen molar-refractivity contribution in [2.75, 3.05) is 36.4 Å². The molecule has 2 aliphatic heterocycles. The van der Waals surface area contributed by atoms with Crippen molar-refractivity contribution in [3.05, 3.63) is 59.1 Å². The van der Waals surface area contributed by atoms with Crippen LogP contribution in [0.3, 0.4) is 0 Å². The summed E-state index contributed by atoms with van der Waals surface area (Å²) in [7, 11) is 0. The first-order valence-corrected chi connectivity index (χ1v) is 10.3. The van der Waals surface area contributed by atoms with Crippen LogP contribution in [0.4, 0.5) is 11.4 Å². The number of hydrogen-bond acceptors (Lipinski definition) is 4. The van der Waals surface area contributed by atoms with Gasteiger partial charge in [-0.2, -0.15) is 0 Å². The maximum absolute atomic E-state index is 9.69. The van der Waals surface area contributed by atoms with Crippen LogP contribution in [0.15, 0.2) is 48.5 Å². The molecule has 0 aromatic heterocycles. The molecule has 2 saturated heterocycles. The van der Waals surface area contributed by atoms with Gasteiger partial charge in [-0.15, -0.1) is 0 Å². The highest BCUT2D eigenvalue weighted by Crippen LogP contribution is 2.24. The quantitative estimate of drug-likeness (QED) is 0.816. The molecule has 0 saturated carbocycles. The fourth-order valence-electron chi connectivity index (χ4n) is 4.06. The summed E-state index contributed by atoms with van der Waals surface area (Å²) >= 11 is 5.97. The van der Waals surface area contributed by atoms with E-state index < -0.39 is 0 Å². The maximum Gasteiger partial charge on any atom is 0.0731 e. The van der Waals surface area contributed by atoms with Crippen molar-refractivity contribution in [2.45, 2.75) is 38.0 Å². The zero-order chi connectivity index (χ0) is 18.6. The second kappa shape index (κ2) is 8.51. The van der Waals surface area contributed by atoms with Crippen LogP contribution in [0.1, 0.15) is 24.8 Å². The zero-order valence-corrected chi connectivity index (χ0v) is 16.4. The van der Waals surface area contributed by atoms with E-state index in [1.807, 2.05) is 12.1 Å². The molecule has 2 aromatic carbocycles. The zero-order valence-electron chi connectivity index (χ0n) is 15.6. The van der Waals surface area contributed by atoms with Gasteiger partial charge in [0.05, 0.1) is 6.10 Å². The number of likely N-dealkylation sites (tertiary alicyclic amines) is 1. The van der Waals surface area contributed by atoms with Crippen molar-refractivity contribution in [2.24, 2.45) is 0 Å². The first-order valence-electron chi connectivity index (χ1n) is 9.92. The Hall–Kier alpha value is -1.75. The molecule has 4 nitrogen and oxygen atoms in total. The molecule has 144 valence electrons. The molecule has 4 rings (SSSR count). The lowest BCUT2D eigenvalue weighted by Gasteiger charge is -2.33. The first-order chi connectivity index (χ1) is 13.2. The number of piperidine rings is 1. The number of aliphatic hydroxyl groups excluding tert-OH is 1. The highest BCUT2D eigenvalue weighted by molar-refractivity contribution is 6.30. The molecule has 5 heteroatoms. The van der Waals surface area contributed by atoms with Gasteiger partial charge in [0.15, 0.2) is 0 Å². The third-order valence-electron chi connectivity index (χ3n) is 5.67. The van der Waals surface area contributed by atoms with E-state index in [-0.39, 0.29) is 6.10 Å². The number of hydrogen-bond donors (Lipinski definition) is 2. The monoisotopic (exact) mass is 385 g/mol. The first kappa shape index (κ1) is 18.6. The summed E-state index contributed by atoms with van der Waals surface area (Å²) in [6, 6.07) is 17.4. The molecule has 0 aliphatic carbocycles. The smallest absolute Gasteiger partial charge is 0.0731 e. The van der Waals surface area contributed by atoms with E-state index >= 15 is 0 Å². The lowest BCUT2D eigenvalue weighted by atomic mass is 10.0. The van der Waals surface area contributed by atoms with Gasteiger partial charge in [0.1, 0.15) is 0 Å². The Morgan fingerprint density at radius 2 is 1.63 bits per heavy atom. The summed E-state index contributed by atoms with van der Waals surface area (Å²) in [5, 5.41) is 14.2.